The highest BCUT2D eigenvalue weighted by atomic mass is 19.1. The van der Waals surface area contributed by atoms with Crippen molar-refractivity contribution in [3.05, 3.63) is 52.7 Å². The summed E-state index contributed by atoms with van der Waals surface area (Å²) in [6.45, 7) is 2.47. The number of nitrogens with zero attached hydrogens (tertiary/aromatic N) is 4. The zero-order valence-electron chi connectivity index (χ0n) is 15.7. The van der Waals surface area contributed by atoms with Crippen molar-refractivity contribution < 1.29 is 9.13 Å². The molecule has 1 aromatic carbocycles. The maximum absolute atomic E-state index is 13.3. The second-order valence-corrected chi connectivity index (χ2v) is 6.35. The lowest BCUT2D eigenvalue weighted by Crippen LogP contribution is -2.22. The van der Waals surface area contributed by atoms with E-state index in [1.165, 1.54) is 16.8 Å². The van der Waals surface area contributed by atoms with Crippen LogP contribution in [0.5, 0.6) is 0 Å². The Morgan fingerprint density at radius 3 is 2.56 bits per heavy atom. The summed E-state index contributed by atoms with van der Waals surface area (Å²) < 4.78 is 21.7. The van der Waals surface area contributed by atoms with Crippen LogP contribution in [0, 0.1) is 5.82 Å². The average molecular weight is 371 g/mol. The molecular weight excluding hydrogens is 349 g/mol. The normalized spacial score (nSPS) is 12.2. The Morgan fingerprint density at radius 2 is 1.89 bits per heavy atom. The van der Waals surface area contributed by atoms with Gasteiger partial charge in [-0.25, -0.2) is 14.4 Å². The molecule has 0 unspecified atom stereocenters. The number of halogens is 1. The second kappa shape index (κ2) is 7.71. The van der Waals surface area contributed by atoms with Crippen LogP contribution in [-0.2, 0) is 18.8 Å². The van der Waals surface area contributed by atoms with Crippen molar-refractivity contribution >= 4 is 5.95 Å². The number of hydrogen-bond donors (Lipinski definition) is 1. The van der Waals surface area contributed by atoms with Crippen LogP contribution in [0.4, 0.5) is 10.3 Å². The largest absolute Gasteiger partial charge is 0.383 e. The van der Waals surface area contributed by atoms with Gasteiger partial charge in [-0.1, -0.05) is 12.1 Å². The monoisotopic (exact) mass is 371 g/mol. The third-order valence-electron chi connectivity index (χ3n) is 4.34. The van der Waals surface area contributed by atoms with Crippen molar-refractivity contribution in [3.63, 3.8) is 0 Å². The SMILES string of the molecule is COC[C@H](C)Nc1nccc(-c2c(-c3ccc(F)cc3)c(=O)n(C)n2C)n1. The molecule has 0 aliphatic carbocycles. The number of methoxy groups -OCH3 is 1. The quantitative estimate of drug-likeness (QED) is 0.720. The van der Waals surface area contributed by atoms with E-state index in [0.717, 1.165) is 0 Å². The van der Waals surface area contributed by atoms with E-state index < -0.39 is 0 Å². The van der Waals surface area contributed by atoms with E-state index in [0.29, 0.717) is 35.1 Å². The summed E-state index contributed by atoms with van der Waals surface area (Å²) >= 11 is 0. The van der Waals surface area contributed by atoms with E-state index in [9.17, 15) is 9.18 Å². The lowest BCUT2D eigenvalue weighted by molar-refractivity contribution is 0.190. The molecule has 2 heterocycles. The molecule has 142 valence electrons. The minimum atomic E-state index is -0.353. The number of aromatic nitrogens is 4. The van der Waals surface area contributed by atoms with Crippen LogP contribution in [-0.4, -0.2) is 39.1 Å². The molecule has 0 spiro atoms. The molecule has 7 nitrogen and oxygen atoms in total. The highest BCUT2D eigenvalue weighted by Crippen LogP contribution is 2.29. The zero-order valence-corrected chi connectivity index (χ0v) is 15.7. The summed E-state index contributed by atoms with van der Waals surface area (Å²) in [5.41, 5.74) is 2.15. The van der Waals surface area contributed by atoms with Gasteiger partial charge in [-0.3, -0.25) is 14.2 Å². The average Bonchev–Trinajstić information content (AvgIpc) is 2.87. The standard InChI is InChI=1S/C19H22FN5O2/c1-12(11-27-4)22-19-21-10-9-15(23-19)17-16(18(26)25(3)24(17)2)13-5-7-14(20)8-6-13/h5-10,12H,11H2,1-4H3,(H,21,22,23)/t12-/m0/s1. The van der Waals surface area contributed by atoms with E-state index in [2.05, 4.69) is 15.3 Å². The lowest BCUT2D eigenvalue weighted by Gasteiger charge is -2.13. The molecule has 1 atom stereocenters. The Hall–Kier alpha value is -3.00. The van der Waals surface area contributed by atoms with Crippen LogP contribution in [0.15, 0.2) is 41.3 Å². The zero-order chi connectivity index (χ0) is 19.6. The van der Waals surface area contributed by atoms with E-state index in [1.807, 2.05) is 6.92 Å². The Bertz CT molecular complexity index is 994. The summed E-state index contributed by atoms with van der Waals surface area (Å²) in [5.74, 6) is 0.0899. The van der Waals surface area contributed by atoms with E-state index >= 15 is 0 Å². The van der Waals surface area contributed by atoms with Crippen molar-refractivity contribution in [2.45, 2.75) is 13.0 Å². The Morgan fingerprint density at radius 1 is 1.19 bits per heavy atom. The molecule has 0 aliphatic rings. The van der Waals surface area contributed by atoms with E-state index in [1.54, 1.807) is 50.3 Å². The number of nitrogens with one attached hydrogen (secondary N) is 1. The molecule has 0 saturated carbocycles. The maximum Gasteiger partial charge on any atom is 0.274 e. The first-order chi connectivity index (χ1) is 12.9. The molecule has 2 aromatic heterocycles. The number of ether oxygens (including phenoxy) is 1. The summed E-state index contributed by atoms with van der Waals surface area (Å²) in [4.78, 5) is 21.6. The van der Waals surface area contributed by atoms with Crippen molar-refractivity contribution in [1.82, 2.24) is 19.3 Å². The van der Waals surface area contributed by atoms with E-state index in [-0.39, 0.29) is 17.4 Å². The fourth-order valence-electron chi connectivity index (χ4n) is 2.95. The Labute approximate surface area is 156 Å². The van der Waals surface area contributed by atoms with Crippen molar-refractivity contribution in [2.24, 2.45) is 14.1 Å². The predicted molar refractivity (Wildman–Crippen MR) is 102 cm³/mol. The summed E-state index contributed by atoms with van der Waals surface area (Å²) in [6.07, 6.45) is 1.64. The highest BCUT2D eigenvalue weighted by molar-refractivity contribution is 5.79. The smallest absolute Gasteiger partial charge is 0.274 e. The molecule has 0 bridgehead atoms. The van der Waals surface area contributed by atoms with Crippen molar-refractivity contribution in [2.75, 3.05) is 19.0 Å². The lowest BCUT2D eigenvalue weighted by atomic mass is 10.0. The molecule has 27 heavy (non-hydrogen) atoms. The Kier molecular flexibility index (Phi) is 5.36. The third-order valence-corrected chi connectivity index (χ3v) is 4.34. The van der Waals surface area contributed by atoms with E-state index in [4.69, 9.17) is 4.74 Å². The number of rotatable bonds is 6. The predicted octanol–water partition coefficient (Wildman–Crippen LogP) is 2.43. The number of benzene rings is 1. The van der Waals surface area contributed by atoms with Gasteiger partial charge in [-0.15, -0.1) is 0 Å². The molecule has 3 rings (SSSR count). The van der Waals surface area contributed by atoms with Crippen LogP contribution in [0.1, 0.15) is 6.92 Å². The van der Waals surface area contributed by atoms with Gasteiger partial charge in [0.05, 0.1) is 23.6 Å². The molecule has 0 aliphatic heterocycles. The second-order valence-electron chi connectivity index (χ2n) is 6.35. The van der Waals surface area contributed by atoms with Crippen molar-refractivity contribution in [3.8, 4) is 22.5 Å². The topological polar surface area (TPSA) is 74.0 Å². The first-order valence-electron chi connectivity index (χ1n) is 8.53. The first-order valence-corrected chi connectivity index (χ1v) is 8.53. The fourth-order valence-corrected chi connectivity index (χ4v) is 2.95. The van der Waals surface area contributed by atoms with Gasteiger partial charge in [-0.2, -0.15) is 0 Å². The molecule has 1 N–H and O–H groups in total. The van der Waals surface area contributed by atoms with Gasteiger partial charge in [0.1, 0.15) is 5.82 Å². The molecule has 3 aromatic rings. The molecule has 0 radical (unpaired) electrons. The Balaban J connectivity index is 2.11. The first kappa shape index (κ1) is 18.8. The van der Waals surface area contributed by atoms with Crippen LogP contribution in [0.3, 0.4) is 0 Å². The van der Waals surface area contributed by atoms with Gasteiger partial charge in [0, 0.05) is 33.4 Å². The fraction of sp³-hybridized carbons (Fsp3) is 0.316. The van der Waals surface area contributed by atoms with Gasteiger partial charge >= 0.3 is 0 Å². The number of anilines is 1. The maximum atomic E-state index is 13.3. The van der Waals surface area contributed by atoms with Gasteiger partial charge in [0.15, 0.2) is 0 Å². The highest BCUT2D eigenvalue weighted by Gasteiger charge is 2.21. The van der Waals surface area contributed by atoms with Crippen molar-refractivity contribution in [1.29, 1.82) is 0 Å². The summed E-state index contributed by atoms with van der Waals surface area (Å²) in [6, 6.07) is 7.64. The minimum Gasteiger partial charge on any atom is -0.383 e. The van der Waals surface area contributed by atoms with Gasteiger partial charge in [0.25, 0.3) is 5.56 Å². The van der Waals surface area contributed by atoms with Crippen LogP contribution in [0.2, 0.25) is 0 Å². The van der Waals surface area contributed by atoms with Crippen LogP contribution < -0.4 is 10.9 Å². The van der Waals surface area contributed by atoms with Gasteiger partial charge in [0.2, 0.25) is 5.95 Å². The molecule has 8 heteroatoms. The molecule has 0 saturated heterocycles. The van der Waals surface area contributed by atoms with Gasteiger partial charge in [-0.05, 0) is 30.7 Å². The molecule has 0 amide bonds. The summed E-state index contributed by atoms with van der Waals surface area (Å²) in [5, 5.41) is 3.17. The number of hydrogen-bond acceptors (Lipinski definition) is 5. The van der Waals surface area contributed by atoms with Crippen LogP contribution in [0.25, 0.3) is 22.5 Å². The minimum absolute atomic E-state index is 0.0291. The van der Waals surface area contributed by atoms with Crippen LogP contribution >= 0.6 is 0 Å². The molecular formula is C19H22FN5O2. The molecule has 0 fully saturated rings. The van der Waals surface area contributed by atoms with Gasteiger partial charge < -0.3 is 10.1 Å². The summed E-state index contributed by atoms with van der Waals surface area (Å²) in [7, 11) is 5.09. The third kappa shape index (κ3) is 3.75.